The summed E-state index contributed by atoms with van der Waals surface area (Å²) in [5, 5.41) is 12.3. The highest BCUT2D eigenvalue weighted by molar-refractivity contribution is 5.79. The van der Waals surface area contributed by atoms with Gasteiger partial charge in [-0.1, -0.05) is 30.3 Å². The largest absolute Gasteiger partial charge is 0.508 e. The predicted molar refractivity (Wildman–Crippen MR) is 93.5 cm³/mol. The molecule has 0 unspecified atom stereocenters. The molecule has 1 amide bonds. The van der Waals surface area contributed by atoms with Crippen LogP contribution in [0.2, 0.25) is 0 Å². The molecule has 0 radical (unpaired) electrons. The Bertz CT molecular complexity index is 825. The van der Waals surface area contributed by atoms with Crippen molar-refractivity contribution in [2.75, 3.05) is 7.11 Å². The number of phenolic OH excluding ortho intramolecular Hbond substituents is 1. The van der Waals surface area contributed by atoms with Crippen molar-refractivity contribution in [3.63, 3.8) is 0 Å². The summed E-state index contributed by atoms with van der Waals surface area (Å²) in [6.45, 7) is 0. The number of aromatic hydroxyl groups is 1. The zero-order chi connectivity index (χ0) is 17.6. The van der Waals surface area contributed by atoms with Gasteiger partial charge in [0.05, 0.1) is 19.8 Å². The molecule has 2 aromatic carbocycles. The fourth-order valence-corrected chi connectivity index (χ4v) is 2.67. The third-order valence-corrected chi connectivity index (χ3v) is 3.88. The summed E-state index contributed by atoms with van der Waals surface area (Å²) < 4.78 is 10.9. The number of phenols is 1. The van der Waals surface area contributed by atoms with E-state index in [4.69, 9.17) is 9.15 Å². The summed E-state index contributed by atoms with van der Waals surface area (Å²) in [6, 6.07) is 17.2. The van der Waals surface area contributed by atoms with E-state index in [1.165, 1.54) is 0 Å². The summed E-state index contributed by atoms with van der Waals surface area (Å²) in [6.07, 6.45) is 1.77. The van der Waals surface area contributed by atoms with E-state index in [1.807, 2.05) is 30.3 Å². The van der Waals surface area contributed by atoms with Crippen molar-refractivity contribution >= 4 is 5.91 Å². The van der Waals surface area contributed by atoms with E-state index in [9.17, 15) is 9.90 Å². The molecule has 1 heterocycles. The number of benzene rings is 2. The normalized spacial score (nSPS) is 11.7. The lowest BCUT2D eigenvalue weighted by Crippen LogP contribution is -2.30. The summed E-state index contributed by atoms with van der Waals surface area (Å²) in [4.78, 5) is 12.5. The van der Waals surface area contributed by atoms with E-state index in [-0.39, 0.29) is 18.1 Å². The van der Waals surface area contributed by atoms with Gasteiger partial charge in [-0.15, -0.1) is 0 Å². The first-order valence-electron chi connectivity index (χ1n) is 7.91. The van der Waals surface area contributed by atoms with Crippen LogP contribution in [-0.2, 0) is 11.2 Å². The van der Waals surface area contributed by atoms with E-state index < -0.39 is 6.04 Å². The second kappa shape index (κ2) is 7.57. The van der Waals surface area contributed by atoms with Gasteiger partial charge in [-0.2, -0.15) is 0 Å². The van der Waals surface area contributed by atoms with Gasteiger partial charge in [0.2, 0.25) is 5.91 Å². The average molecular weight is 337 g/mol. The van der Waals surface area contributed by atoms with Crippen LogP contribution in [0.5, 0.6) is 11.5 Å². The first-order chi connectivity index (χ1) is 12.2. The summed E-state index contributed by atoms with van der Waals surface area (Å²) in [5.41, 5.74) is 1.63. The topological polar surface area (TPSA) is 71.7 Å². The molecule has 25 heavy (non-hydrogen) atoms. The van der Waals surface area contributed by atoms with Crippen molar-refractivity contribution in [2.45, 2.75) is 12.5 Å². The molecule has 0 saturated carbocycles. The Balaban J connectivity index is 1.83. The van der Waals surface area contributed by atoms with E-state index >= 15 is 0 Å². The molecule has 0 spiro atoms. The number of hydrogen-bond donors (Lipinski definition) is 2. The standard InChI is InChI=1S/C20H19NO4/c1-24-17-6-3-2-5-16(17)20(18-7-4-12-25-18)21-19(23)13-14-8-10-15(22)11-9-14/h2-12,20,22H,13H2,1H3,(H,21,23)/t20-/m0/s1. The van der Waals surface area contributed by atoms with Crippen molar-refractivity contribution < 1.29 is 19.1 Å². The third kappa shape index (κ3) is 4.01. The maximum Gasteiger partial charge on any atom is 0.225 e. The number of para-hydroxylation sites is 1. The Morgan fingerprint density at radius 1 is 1.12 bits per heavy atom. The average Bonchev–Trinajstić information content (AvgIpc) is 3.16. The van der Waals surface area contributed by atoms with Crippen molar-refractivity contribution in [1.82, 2.24) is 5.32 Å². The molecule has 2 N–H and O–H groups in total. The maximum absolute atomic E-state index is 12.5. The van der Waals surface area contributed by atoms with Crippen LogP contribution in [0, 0.1) is 0 Å². The van der Waals surface area contributed by atoms with Crippen LogP contribution in [-0.4, -0.2) is 18.1 Å². The van der Waals surface area contributed by atoms with Gasteiger partial charge in [-0.3, -0.25) is 4.79 Å². The van der Waals surface area contributed by atoms with Gasteiger partial charge in [0.1, 0.15) is 23.3 Å². The number of rotatable bonds is 6. The van der Waals surface area contributed by atoms with Crippen molar-refractivity contribution in [3.8, 4) is 11.5 Å². The van der Waals surface area contributed by atoms with Gasteiger partial charge < -0.3 is 19.6 Å². The van der Waals surface area contributed by atoms with Gasteiger partial charge in [0.15, 0.2) is 0 Å². The molecule has 0 saturated heterocycles. The number of methoxy groups -OCH3 is 1. The second-order valence-corrected chi connectivity index (χ2v) is 5.60. The Morgan fingerprint density at radius 3 is 2.56 bits per heavy atom. The highest BCUT2D eigenvalue weighted by atomic mass is 16.5. The Labute approximate surface area is 145 Å². The number of carbonyl (C=O) groups excluding carboxylic acids is 1. The third-order valence-electron chi connectivity index (χ3n) is 3.88. The van der Waals surface area contributed by atoms with Gasteiger partial charge in [0.25, 0.3) is 0 Å². The number of hydrogen-bond acceptors (Lipinski definition) is 4. The summed E-state index contributed by atoms with van der Waals surface area (Å²) in [5.74, 6) is 1.32. The number of nitrogens with one attached hydrogen (secondary N) is 1. The quantitative estimate of drug-likeness (QED) is 0.723. The Morgan fingerprint density at radius 2 is 1.88 bits per heavy atom. The molecule has 0 aliphatic rings. The minimum Gasteiger partial charge on any atom is -0.508 e. The van der Waals surface area contributed by atoms with E-state index in [0.29, 0.717) is 11.5 Å². The van der Waals surface area contributed by atoms with Crippen molar-refractivity contribution in [2.24, 2.45) is 0 Å². The summed E-state index contributed by atoms with van der Waals surface area (Å²) in [7, 11) is 1.59. The van der Waals surface area contributed by atoms with E-state index in [1.54, 1.807) is 43.7 Å². The van der Waals surface area contributed by atoms with Crippen LogP contribution >= 0.6 is 0 Å². The SMILES string of the molecule is COc1ccccc1[C@H](NC(=O)Cc1ccc(O)cc1)c1ccco1. The molecular formula is C20H19NO4. The molecule has 3 aromatic rings. The van der Waals surface area contributed by atoms with Crippen molar-refractivity contribution in [1.29, 1.82) is 0 Å². The van der Waals surface area contributed by atoms with Gasteiger partial charge in [-0.05, 0) is 35.9 Å². The smallest absolute Gasteiger partial charge is 0.225 e. The minimum absolute atomic E-state index is 0.155. The molecule has 0 aliphatic carbocycles. The molecule has 0 bridgehead atoms. The molecular weight excluding hydrogens is 318 g/mol. The molecule has 5 nitrogen and oxygen atoms in total. The van der Waals surface area contributed by atoms with Crippen LogP contribution in [0.3, 0.4) is 0 Å². The number of carbonyl (C=O) groups is 1. The molecule has 1 aromatic heterocycles. The summed E-state index contributed by atoms with van der Waals surface area (Å²) >= 11 is 0. The van der Waals surface area contributed by atoms with Crippen LogP contribution in [0.1, 0.15) is 22.9 Å². The van der Waals surface area contributed by atoms with Crippen molar-refractivity contribution in [3.05, 3.63) is 83.8 Å². The van der Waals surface area contributed by atoms with E-state index in [2.05, 4.69) is 5.32 Å². The van der Waals surface area contributed by atoms with Gasteiger partial charge >= 0.3 is 0 Å². The number of ether oxygens (including phenoxy) is 1. The van der Waals surface area contributed by atoms with Crippen LogP contribution < -0.4 is 10.1 Å². The monoisotopic (exact) mass is 337 g/mol. The molecule has 1 atom stereocenters. The molecule has 0 aliphatic heterocycles. The second-order valence-electron chi connectivity index (χ2n) is 5.60. The molecule has 5 heteroatoms. The lowest BCUT2D eigenvalue weighted by molar-refractivity contribution is -0.121. The lowest BCUT2D eigenvalue weighted by Gasteiger charge is -2.19. The maximum atomic E-state index is 12.5. The highest BCUT2D eigenvalue weighted by Gasteiger charge is 2.22. The predicted octanol–water partition coefficient (Wildman–Crippen LogP) is 3.44. The van der Waals surface area contributed by atoms with E-state index in [0.717, 1.165) is 11.1 Å². The molecule has 128 valence electrons. The first-order valence-corrected chi connectivity index (χ1v) is 7.91. The van der Waals surface area contributed by atoms with Crippen LogP contribution in [0.15, 0.2) is 71.3 Å². The van der Waals surface area contributed by atoms with Crippen LogP contribution in [0.25, 0.3) is 0 Å². The first kappa shape index (κ1) is 16.6. The zero-order valence-corrected chi connectivity index (χ0v) is 13.8. The Kier molecular flexibility index (Phi) is 5.04. The van der Waals surface area contributed by atoms with Gasteiger partial charge in [0, 0.05) is 5.56 Å². The number of furan rings is 1. The minimum atomic E-state index is -0.448. The number of amides is 1. The molecule has 0 fully saturated rings. The van der Waals surface area contributed by atoms with Crippen LogP contribution in [0.4, 0.5) is 0 Å². The molecule has 3 rings (SSSR count). The lowest BCUT2D eigenvalue weighted by atomic mass is 10.0. The fourth-order valence-electron chi connectivity index (χ4n) is 2.67. The fraction of sp³-hybridized carbons (Fsp3) is 0.150. The zero-order valence-electron chi connectivity index (χ0n) is 13.8. The van der Waals surface area contributed by atoms with Gasteiger partial charge in [-0.25, -0.2) is 0 Å². The Hall–Kier alpha value is -3.21. The highest BCUT2D eigenvalue weighted by Crippen LogP contribution is 2.30.